The smallest absolute Gasteiger partial charge is 0.311 e. The predicted molar refractivity (Wildman–Crippen MR) is 85.0 cm³/mol. The molecule has 1 aromatic carbocycles. The van der Waals surface area contributed by atoms with Crippen LogP contribution in [0, 0.1) is 5.92 Å². The largest absolute Gasteiger partial charge is 0.466 e. The van der Waals surface area contributed by atoms with Crippen LogP contribution in [0.3, 0.4) is 0 Å². The third kappa shape index (κ3) is 2.93. The molecule has 0 bridgehead atoms. The maximum Gasteiger partial charge on any atom is 0.311 e. The van der Waals surface area contributed by atoms with Gasteiger partial charge in [0.05, 0.1) is 12.5 Å². The Morgan fingerprint density at radius 3 is 2.73 bits per heavy atom. The fraction of sp³-hybridized carbons (Fsp3) is 0.529. The zero-order valence-electron chi connectivity index (χ0n) is 13.0. The minimum absolute atomic E-state index is 0.00312. The number of rotatable bonds is 4. The Bertz CT molecular complexity index is 567. The minimum Gasteiger partial charge on any atom is -0.466 e. The fourth-order valence-electron chi connectivity index (χ4n) is 3.21. The van der Waals surface area contributed by atoms with E-state index in [1.165, 1.54) is 12.8 Å². The van der Waals surface area contributed by atoms with Crippen molar-refractivity contribution in [1.82, 2.24) is 0 Å². The second-order valence-corrected chi connectivity index (χ2v) is 5.87. The molecule has 0 unspecified atom stereocenters. The number of amides is 1. The first-order valence-corrected chi connectivity index (χ1v) is 8.01. The van der Waals surface area contributed by atoms with Crippen LogP contribution < -0.4 is 9.80 Å². The molecule has 0 spiro atoms. The number of nitrogens with zero attached hydrogens (tertiary/aromatic N) is 2. The standard InChI is InChI=1S/C17H22N2O3/c1-2-22-17(21)13-10-16(20)19(12-13)15-7-5-6-14(11-15)18-8-3-4-9-18/h5-7,11,13H,2-4,8-10,12H2,1H3/t13-/m0/s1. The van der Waals surface area contributed by atoms with Crippen molar-refractivity contribution in [2.45, 2.75) is 26.2 Å². The molecule has 2 aliphatic heterocycles. The number of hydrogen-bond donors (Lipinski definition) is 0. The molecule has 1 aromatic rings. The summed E-state index contributed by atoms with van der Waals surface area (Å²) in [7, 11) is 0. The van der Waals surface area contributed by atoms with Crippen molar-refractivity contribution in [3.8, 4) is 0 Å². The lowest BCUT2D eigenvalue weighted by Gasteiger charge is -2.22. The fourth-order valence-corrected chi connectivity index (χ4v) is 3.21. The van der Waals surface area contributed by atoms with E-state index >= 15 is 0 Å². The normalized spacial score (nSPS) is 21.5. The van der Waals surface area contributed by atoms with Crippen LogP contribution >= 0.6 is 0 Å². The van der Waals surface area contributed by atoms with Crippen molar-refractivity contribution < 1.29 is 14.3 Å². The number of benzene rings is 1. The van der Waals surface area contributed by atoms with Gasteiger partial charge in [0, 0.05) is 37.4 Å². The van der Waals surface area contributed by atoms with E-state index in [9.17, 15) is 9.59 Å². The van der Waals surface area contributed by atoms with Crippen molar-refractivity contribution in [2.75, 3.05) is 36.0 Å². The summed E-state index contributed by atoms with van der Waals surface area (Å²) < 4.78 is 5.04. The van der Waals surface area contributed by atoms with Gasteiger partial charge in [0.15, 0.2) is 0 Å². The van der Waals surface area contributed by atoms with Gasteiger partial charge in [0.2, 0.25) is 5.91 Å². The number of hydrogen-bond acceptors (Lipinski definition) is 4. The number of esters is 1. The summed E-state index contributed by atoms with van der Waals surface area (Å²) in [5, 5.41) is 0. The highest BCUT2D eigenvalue weighted by atomic mass is 16.5. The summed E-state index contributed by atoms with van der Waals surface area (Å²) in [6.45, 7) is 4.70. The molecular weight excluding hydrogens is 280 g/mol. The molecule has 118 valence electrons. The number of carbonyl (C=O) groups excluding carboxylic acids is 2. The second-order valence-electron chi connectivity index (χ2n) is 5.87. The Morgan fingerprint density at radius 1 is 1.27 bits per heavy atom. The van der Waals surface area contributed by atoms with E-state index in [1.807, 2.05) is 12.1 Å². The molecule has 2 heterocycles. The van der Waals surface area contributed by atoms with Gasteiger partial charge in [-0.25, -0.2) is 0 Å². The van der Waals surface area contributed by atoms with E-state index in [-0.39, 0.29) is 24.2 Å². The average molecular weight is 302 g/mol. The molecule has 0 aromatic heterocycles. The average Bonchev–Trinajstić information content (AvgIpc) is 3.17. The molecule has 0 N–H and O–H groups in total. The SMILES string of the molecule is CCOC(=O)[C@H]1CC(=O)N(c2cccc(N3CCCC3)c2)C1. The minimum atomic E-state index is -0.345. The first kappa shape index (κ1) is 14.9. The molecule has 2 aliphatic rings. The molecule has 0 aliphatic carbocycles. The lowest BCUT2D eigenvalue weighted by atomic mass is 10.1. The summed E-state index contributed by atoms with van der Waals surface area (Å²) in [6, 6.07) is 8.05. The summed E-state index contributed by atoms with van der Waals surface area (Å²) in [5.74, 6) is -0.617. The highest BCUT2D eigenvalue weighted by Gasteiger charge is 2.36. The monoisotopic (exact) mass is 302 g/mol. The Kier molecular flexibility index (Phi) is 4.32. The Labute approximate surface area is 130 Å². The number of carbonyl (C=O) groups is 2. The van der Waals surface area contributed by atoms with Crippen LogP contribution in [0.15, 0.2) is 24.3 Å². The van der Waals surface area contributed by atoms with Crippen LogP contribution in [0.25, 0.3) is 0 Å². The maximum absolute atomic E-state index is 12.2. The van der Waals surface area contributed by atoms with E-state index in [0.717, 1.165) is 24.5 Å². The zero-order valence-corrected chi connectivity index (χ0v) is 13.0. The summed E-state index contributed by atoms with van der Waals surface area (Å²) in [6.07, 6.45) is 2.68. The topological polar surface area (TPSA) is 49.9 Å². The third-order valence-corrected chi connectivity index (χ3v) is 4.36. The maximum atomic E-state index is 12.2. The molecule has 22 heavy (non-hydrogen) atoms. The van der Waals surface area contributed by atoms with Crippen molar-refractivity contribution in [3.63, 3.8) is 0 Å². The van der Waals surface area contributed by atoms with Crippen LogP contribution in [0.5, 0.6) is 0 Å². The first-order valence-electron chi connectivity index (χ1n) is 8.01. The molecule has 0 saturated carbocycles. The lowest BCUT2D eigenvalue weighted by Crippen LogP contribution is -2.27. The predicted octanol–water partition coefficient (Wildman–Crippen LogP) is 2.20. The van der Waals surface area contributed by atoms with E-state index in [4.69, 9.17) is 4.74 Å². The van der Waals surface area contributed by atoms with Crippen molar-refractivity contribution in [1.29, 1.82) is 0 Å². The molecule has 0 radical (unpaired) electrons. The summed E-state index contributed by atoms with van der Waals surface area (Å²) in [4.78, 5) is 28.1. The van der Waals surface area contributed by atoms with E-state index < -0.39 is 0 Å². The van der Waals surface area contributed by atoms with Gasteiger partial charge in [-0.3, -0.25) is 9.59 Å². The quantitative estimate of drug-likeness (QED) is 0.800. The van der Waals surface area contributed by atoms with Gasteiger partial charge >= 0.3 is 5.97 Å². The molecule has 3 rings (SSSR count). The molecular formula is C17H22N2O3. The van der Waals surface area contributed by atoms with Gasteiger partial charge in [-0.2, -0.15) is 0 Å². The van der Waals surface area contributed by atoms with Crippen molar-refractivity contribution >= 4 is 23.3 Å². The molecule has 2 saturated heterocycles. The van der Waals surface area contributed by atoms with Gasteiger partial charge in [0.1, 0.15) is 0 Å². The van der Waals surface area contributed by atoms with Crippen LogP contribution in [0.1, 0.15) is 26.2 Å². The summed E-state index contributed by atoms with van der Waals surface area (Å²) >= 11 is 0. The molecule has 5 nitrogen and oxygen atoms in total. The van der Waals surface area contributed by atoms with Crippen LogP contribution in [-0.2, 0) is 14.3 Å². The van der Waals surface area contributed by atoms with Gasteiger partial charge in [-0.15, -0.1) is 0 Å². The molecule has 5 heteroatoms. The van der Waals surface area contributed by atoms with E-state index in [2.05, 4.69) is 17.0 Å². The molecule has 1 amide bonds. The van der Waals surface area contributed by atoms with Gasteiger partial charge in [-0.1, -0.05) is 6.07 Å². The molecule has 1 atom stereocenters. The van der Waals surface area contributed by atoms with Crippen LogP contribution in [0.2, 0.25) is 0 Å². The third-order valence-electron chi connectivity index (χ3n) is 4.36. The molecule has 2 fully saturated rings. The lowest BCUT2D eigenvalue weighted by molar-refractivity contribution is -0.147. The number of ether oxygens (including phenoxy) is 1. The van der Waals surface area contributed by atoms with Crippen molar-refractivity contribution in [2.24, 2.45) is 5.92 Å². The first-order chi connectivity index (χ1) is 10.7. The van der Waals surface area contributed by atoms with Gasteiger partial charge in [0.25, 0.3) is 0 Å². The van der Waals surface area contributed by atoms with Gasteiger partial charge < -0.3 is 14.5 Å². The number of anilines is 2. The zero-order chi connectivity index (χ0) is 15.5. The highest BCUT2D eigenvalue weighted by molar-refractivity contribution is 5.99. The Morgan fingerprint density at radius 2 is 2.00 bits per heavy atom. The van der Waals surface area contributed by atoms with Crippen LogP contribution in [-0.4, -0.2) is 38.1 Å². The summed E-state index contributed by atoms with van der Waals surface area (Å²) in [5.41, 5.74) is 2.03. The van der Waals surface area contributed by atoms with Crippen molar-refractivity contribution in [3.05, 3.63) is 24.3 Å². The van der Waals surface area contributed by atoms with E-state index in [0.29, 0.717) is 13.2 Å². The van der Waals surface area contributed by atoms with Gasteiger partial charge in [-0.05, 0) is 38.0 Å². The highest BCUT2D eigenvalue weighted by Crippen LogP contribution is 2.30. The second kappa shape index (κ2) is 6.38. The van der Waals surface area contributed by atoms with E-state index in [1.54, 1.807) is 11.8 Å². The Balaban J connectivity index is 1.75. The van der Waals surface area contributed by atoms with Crippen LogP contribution in [0.4, 0.5) is 11.4 Å². The Hall–Kier alpha value is -2.04.